The van der Waals surface area contributed by atoms with Crippen molar-refractivity contribution < 1.29 is 4.74 Å². The van der Waals surface area contributed by atoms with Gasteiger partial charge in [-0.3, -0.25) is 4.90 Å². The van der Waals surface area contributed by atoms with Crippen molar-refractivity contribution in [2.75, 3.05) is 19.7 Å². The summed E-state index contributed by atoms with van der Waals surface area (Å²) in [5.74, 6) is 0. The first-order valence-corrected chi connectivity index (χ1v) is 7.63. The molecule has 3 heteroatoms. The van der Waals surface area contributed by atoms with Crippen LogP contribution in [0.4, 0.5) is 0 Å². The molecule has 1 heterocycles. The number of ether oxygens (including phenoxy) is 1. The van der Waals surface area contributed by atoms with E-state index < -0.39 is 0 Å². The zero-order valence-corrected chi connectivity index (χ0v) is 13.2. The first-order valence-electron chi connectivity index (χ1n) is 7.63. The van der Waals surface area contributed by atoms with Gasteiger partial charge in [0.2, 0.25) is 0 Å². The van der Waals surface area contributed by atoms with Crippen LogP contribution >= 0.6 is 0 Å². The zero-order valence-electron chi connectivity index (χ0n) is 13.2. The summed E-state index contributed by atoms with van der Waals surface area (Å²) >= 11 is 0. The van der Waals surface area contributed by atoms with E-state index in [1.807, 2.05) is 0 Å². The van der Waals surface area contributed by atoms with E-state index in [0.29, 0.717) is 0 Å². The van der Waals surface area contributed by atoms with Gasteiger partial charge in [-0.2, -0.15) is 0 Å². The van der Waals surface area contributed by atoms with Crippen molar-refractivity contribution in [2.24, 2.45) is 5.73 Å². The van der Waals surface area contributed by atoms with Gasteiger partial charge in [0.05, 0.1) is 18.2 Å². The number of hydrogen-bond acceptors (Lipinski definition) is 3. The second-order valence-electron chi connectivity index (χ2n) is 6.51. The Labute approximate surface area is 123 Å². The number of rotatable bonds is 4. The van der Waals surface area contributed by atoms with Crippen molar-refractivity contribution in [1.82, 2.24) is 4.90 Å². The van der Waals surface area contributed by atoms with Crippen LogP contribution in [0.1, 0.15) is 44.4 Å². The molecular formula is C17H28N2O. The standard InChI is InChI=1S/C17H28N2O/c1-5-15(18)16(14-8-6-7-13(2)11-14)19-9-10-20-17(3,4)12-19/h6-8,11,15-16H,5,9-10,12,18H2,1-4H3. The van der Waals surface area contributed by atoms with Crippen molar-refractivity contribution in [2.45, 2.75) is 51.8 Å². The van der Waals surface area contributed by atoms with Crippen molar-refractivity contribution in [3.63, 3.8) is 0 Å². The lowest BCUT2D eigenvalue weighted by atomic mass is 9.93. The largest absolute Gasteiger partial charge is 0.373 e. The SMILES string of the molecule is CCC(N)C(c1cccc(C)c1)N1CCOC(C)(C)C1. The number of nitrogens with zero attached hydrogens (tertiary/aromatic N) is 1. The molecule has 0 bridgehead atoms. The molecule has 2 N–H and O–H groups in total. The Balaban J connectivity index is 2.28. The third-order valence-corrected chi connectivity index (χ3v) is 4.11. The number of benzene rings is 1. The highest BCUT2D eigenvalue weighted by Gasteiger charge is 2.34. The molecule has 1 aliphatic heterocycles. The molecule has 2 atom stereocenters. The fourth-order valence-electron chi connectivity index (χ4n) is 3.10. The van der Waals surface area contributed by atoms with Gasteiger partial charge in [-0.15, -0.1) is 0 Å². The number of hydrogen-bond donors (Lipinski definition) is 1. The van der Waals surface area contributed by atoms with E-state index in [0.717, 1.165) is 26.1 Å². The molecule has 20 heavy (non-hydrogen) atoms. The molecular weight excluding hydrogens is 248 g/mol. The molecule has 1 aromatic rings. The lowest BCUT2D eigenvalue weighted by molar-refractivity contribution is -0.100. The minimum Gasteiger partial charge on any atom is -0.373 e. The maximum atomic E-state index is 6.44. The van der Waals surface area contributed by atoms with Crippen LogP contribution in [-0.4, -0.2) is 36.2 Å². The van der Waals surface area contributed by atoms with E-state index >= 15 is 0 Å². The minimum absolute atomic E-state index is 0.0895. The Kier molecular flexibility index (Phi) is 4.84. The van der Waals surface area contributed by atoms with E-state index in [2.05, 4.69) is 56.9 Å². The van der Waals surface area contributed by atoms with E-state index in [1.54, 1.807) is 0 Å². The Morgan fingerprint density at radius 2 is 2.15 bits per heavy atom. The Hall–Kier alpha value is -0.900. The van der Waals surface area contributed by atoms with Crippen molar-refractivity contribution in [3.05, 3.63) is 35.4 Å². The molecule has 2 unspecified atom stereocenters. The van der Waals surface area contributed by atoms with Crippen LogP contribution in [0.5, 0.6) is 0 Å². The minimum atomic E-state index is -0.0895. The summed E-state index contributed by atoms with van der Waals surface area (Å²) in [6.07, 6.45) is 0.983. The van der Waals surface area contributed by atoms with E-state index in [9.17, 15) is 0 Å². The zero-order chi connectivity index (χ0) is 14.8. The first-order chi connectivity index (χ1) is 9.43. The highest BCUT2D eigenvalue weighted by molar-refractivity contribution is 5.26. The van der Waals surface area contributed by atoms with E-state index in [-0.39, 0.29) is 17.7 Å². The highest BCUT2D eigenvalue weighted by atomic mass is 16.5. The Morgan fingerprint density at radius 3 is 2.75 bits per heavy atom. The van der Waals surface area contributed by atoms with Gasteiger partial charge in [-0.25, -0.2) is 0 Å². The second kappa shape index (κ2) is 6.25. The van der Waals surface area contributed by atoms with Crippen LogP contribution in [0.25, 0.3) is 0 Å². The van der Waals surface area contributed by atoms with Gasteiger partial charge in [0.1, 0.15) is 0 Å². The van der Waals surface area contributed by atoms with Crippen molar-refractivity contribution >= 4 is 0 Å². The summed E-state index contributed by atoms with van der Waals surface area (Å²) in [7, 11) is 0. The molecule has 0 aromatic heterocycles. The van der Waals surface area contributed by atoms with Gasteiger partial charge in [-0.05, 0) is 32.8 Å². The van der Waals surface area contributed by atoms with Crippen LogP contribution in [0, 0.1) is 6.92 Å². The normalized spacial score (nSPS) is 22.4. The highest BCUT2D eigenvalue weighted by Crippen LogP contribution is 2.30. The number of nitrogens with two attached hydrogens (primary N) is 1. The third-order valence-electron chi connectivity index (χ3n) is 4.11. The van der Waals surface area contributed by atoms with Crippen LogP contribution in [0.2, 0.25) is 0 Å². The van der Waals surface area contributed by atoms with Gasteiger partial charge >= 0.3 is 0 Å². The average molecular weight is 276 g/mol. The lowest BCUT2D eigenvalue weighted by Gasteiger charge is -2.44. The average Bonchev–Trinajstić information content (AvgIpc) is 2.38. The molecule has 0 aliphatic carbocycles. The first kappa shape index (κ1) is 15.5. The summed E-state index contributed by atoms with van der Waals surface area (Å²) < 4.78 is 5.84. The Bertz CT molecular complexity index is 444. The van der Waals surface area contributed by atoms with Gasteiger partial charge in [0, 0.05) is 19.1 Å². The summed E-state index contributed by atoms with van der Waals surface area (Å²) in [6, 6.07) is 9.18. The Morgan fingerprint density at radius 1 is 1.40 bits per heavy atom. The molecule has 0 amide bonds. The second-order valence-corrected chi connectivity index (χ2v) is 6.51. The summed E-state index contributed by atoms with van der Waals surface area (Å²) in [5, 5.41) is 0. The molecule has 3 nitrogen and oxygen atoms in total. The molecule has 1 aromatic carbocycles. The predicted molar refractivity (Wildman–Crippen MR) is 83.8 cm³/mol. The van der Waals surface area contributed by atoms with Crippen molar-refractivity contribution in [3.8, 4) is 0 Å². The summed E-state index contributed by atoms with van der Waals surface area (Å²) in [6.45, 7) is 11.3. The number of morpholine rings is 1. The third kappa shape index (κ3) is 3.60. The molecule has 1 fully saturated rings. The molecule has 112 valence electrons. The maximum Gasteiger partial charge on any atom is 0.0753 e. The van der Waals surface area contributed by atoms with Crippen LogP contribution in [0.15, 0.2) is 24.3 Å². The van der Waals surface area contributed by atoms with Gasteiger partial charge < -0.3 is 10.5 Å². The monoisotopic (exact) mass is 276 g/mol. The molecule has 0 spiro atoms. The molecule has 0 radical (unpaired) electrons. The van der Waals surface area contributed by atoms with Crippen molar-refractivity contribution in [1.29, 1.82) is 0 Å². The topological polar surface area (TPSA) is 38.5 Å². The summed E-state index contributed by atoms with van der Waals surface area (Å²) in [5.41, 5.74) is 8.97. The van der Waals surface area contributed by atoms with Gasteiger partial charge in [0.25, 0.3) is 0 Å². The van der Waals surface area contributed by atoms with Crippen LogP contribution < -0.4 is 5.73 Å². The quantitative estimate of drug-likeness (QED) is 0.919. The molecule has 1 saturated heterocycles. The van der Waals surface area contributed by atoms with E-state index in [1.165, 1.54) is 11.1 Å². The predicted octanol–water partition coefficient (Wildman–Crippen LogP) is 2.88. The van der Waals surface area contributed by atoms with E-state index in [4.69, 9.17) is 10.5 Å². The van der Waals surface area contributed by atoms with Crippen LogP contribution in [0.3, 0.4) is 0 Å². The molecule has 0 saturated carbocycles. The maximum absolute atomic E-state index is 6.44. The summed E-state index contributed by atoms with van der Waals surface area (Å²) in [4.78, 5) is 2.49. The molecule has 1 aliphatic rings. The smallest absolute Gasteiger partial charge is 0.0753 e. The van der Waals surface area contributed by atoms with Gasteiger partial charge in [-0.1, -0.05) is 36.8 Å². The number of aryl methyl sites for hydroxylation is 1. The fourth-order valence-corrected chi connectivity index (χ4v) is 3.10. The van der Waals surface area contributed by atoms with Crippen LogP contribution in [-0.2, 0) is 4.74 Å². The molecule has 2 rings (SSSR count). The fraction of sp³-hybridized carbons (Fsp3) is 0.647. The lowest BCUT2D eigenvalue weighted by Crippen LogP contribution is -2.53. The van der Waals surface area contributed by atoms with Gasteiger partial charge in [0.15, 0.2) is 0 Å².